The Balaban J connectivity index is 2.11. The highest BCUT2D eigenvalue weighted by molar-refractivity contribution is 5.97. The van der Waals surface area contributed by atoms with Crippen molar-refractivity contribution in [3.8, 4) is 5.75 Å². The molecule has 0 saturated heterocycles. The Kier molecular flexibility index (Phi) is 8.27. The average Bonchev–Trinajstić information content (AvgIpc) is 2.66. The molecule has 0 radical (unpaired) electrons. The van der Waals surface area contributed by atoms with Crippen LogP contribution >= 0.6 is 0 Å². The number of nitrogens with one attached hydrogen (secondary N) is 1. The molecule has 0 spiro atoms. The summed E-state index contributed by atoms with van der Waals surface area (Å²) in [6.45, 7) is 11.0. The molecule has 2 rings (SSSR count). The van der Waals surface area contributed by atoms with Gasteiger partial charge in [0, 0.05) is 12.8 Å². The number of carbonyl (C=O) groups excluding carboxylic acids is 1. The van der Waals surface area contributed by atoms with Crippen molar-refractivity contribution in [1.82, 2.24) is 0 Å². The van der Waals surface area contributed by atoms with Gasteiger partial charge >= 0.3 is 0 Å². The van der Waals surface area contributed by atoms with Gasteiger partial charge in [0.15, 0.2) is 0 Å². The Morgan fingerprint density at radius 1 is 1.00 bits per heavy atom. The first kappa shape index (κ1) is 23.0. The van der Waals surface area contributed by atoms with Crippen LogP contribution in [0.5, 0.6) is 5.75 Å². The van der Waals surface area contributed by atoms with Gasteiger partial charge in [-0.1, -0.05) is 58.0 Å². The third-order valence-electron chi connectivity index (χ3n) is 4.95. The second-order valence-corrected chi connectivity index (χ2v) is 8.60. The Labute approximate surface area is 175 Å². The van der Waals surface area contributed by atoms with Gasteiger partial charge in [0.1, 0.15) is 18.0 Å². The number of aryl methyl sites for hydroxylation is 1. The van der Waals surface area contributed by atoms with Gasteiger partial charge in [-0.2, -0.15) is 0 Å². The Bertz CT molecular complexity index is 774. The number of carbonyl (C=O) groups is 1. The van der Waals surface area contributed by atoms with Crippen molar-refractivity contribution in [3.63, 3.8) is 0 Å². The number of rotatable bonds is 10. The molecule has 2 aromatic carbocycles. The van der Waals surface area contributed by atoms with Crippen LogP contribution in [0.3, 0.4) is 0 Å². The number of hydrogen-bond acceptors (Lipinski definition) is 3. The van der Waals surface area contributed by atoms with Crippen molar-refractivity contribution in [2.45, 2.75) is 59.7 Å². The Morgan fingerprint density at radius 2 is 1.62 bits per heavy atom. The molecule has 0 bridgehead atoms. The second-order valence-electron chi connectivity index (χ2n) is 8.60. The standard InChI is InChI=1S/C25H35NO3/c1-18(2)15-25(28-6,16-19(3)4)24(27)26-22-12-13-23(20(5)14-22)29-17-21-10-8-7-9-11-21/h7-14,18-19H,15-17H2,1-6H3,(H,26,27). The summed E-state index contributed by atoms with van der Waals surface area (Å²) in [6, 6.07) is 15.8. The van der Waals surface area contributed by atoms with E-state index in [1.54, 1.807) is 7.11 Å². The fraction of sp³-hybridized carbons (Fsp3) is 0.480. The minimum Gasteiger partial charge on any atom is -0.489 e. The average molecular weight is 398 g/mol. The molecule has 0 saturated carbocycles. The van der Waals surface area contributed by atoms with Crippen molar-refractivity contribution in [3.05, 3.63) is 59.7 Å². The molecule has 1 amide bonds. The van der Waals surface area contributed by atoms with Crippen LogP contribution in [0.25, 0.3) is 0 Å². The largest absolute Gasteiger partial charge is 0.489 e. The lowest BCUT2D eigenvalue weighted by Crippen LogP contribution is -2.46. The van der Waals surface area contributed by atoms with Crippen molar-refractivity contribution < 1.29 is 14.3 Å². The smallest absolute Gasteiger partial charge is 0.256 e. The minimum absolute atomic E-state index is 0.0836. The number of ether oxygens (including phenoxy) is 2. The van der Waals surface area contributed by atoms with E-state index in [0.29, 0.717) is 31.3 Å². The number of amides is 1. The Morgan fingerprint density at radius 3 is 2.14 bits per heavy atom. The highest BCUT2D eigenvalue weighted by Crippen LogP contribution is 2.31. The van der Waals surface area contributed by atoms with E-state index in [1.807, 2.05) is 55.5 Å². The van der Waals surface area contributed by atoms with Gasteiger partial charge in [0.05, 0.1) is 0 Å². The van der Waals surface area contributed by atoms with E-state index in [9.17, 15) is 4.79 Å². The molecule has 0 aliphatic heterocycles. The molecular formula is C25H35NO3. The van der Waals surface area contributed by atoms with Crippen LogP contribution in [0.4, 0.5) is 5.69 Å². The third kappa shape index (κ3) is 6.60. The van der Waals surface area contributed by atoms with Gasteiger partial charge in [-0.25, -0.2) is 0 Å². The molecule has 1 N–H and O–H groups in total. The summed E-state index contributed by atoms with van der Waals surface area (Å²) in [6.07, 6.45) is 1.37. The molecule has 4 heteroatoms. The van der Waals surface area contributed by atoms with E-state index in [-0.39, 0.29) is 5.91 Å². The zero-order valence-electron chi connectivity index (χ0n) is 18.6. The molecule has 158 valence electrons. The molecule has 0 heterocycles. The van der Waals surface area contributed by atoms with E-state index in [2.05, 4.69) is 33.0 Å². The lowest BCUT2D eigenvalue weighted by atomic mass is 9.84. The first-order valence-electron chi connectivity index (χ1n) is 10.4. The lowest BCUT2D eigenvalue weighted by Gasteiger charge is -2.34. The lowest BCUT2D eigenvalue weighted by molar-refractivity contribution is -0.142. The predicted molar refractivity (Wildman–Crippen MR) is 119 cm³/mol. The highest BCUT2D eigenvalue weighted by atomic mass is 16.5. The summed E-state index contributed by atoms with van der Waals surface area (Å²) in [7, 11) is 1.64. The van der Waals surface area contributed by atoms with Crippen LogP contribution in [0.15, 0.2) is 48.5 Å². The topological polar surface area (TPSA) is 47.6 Å². The molecule has 0 fully saturated rings. The molecule has 0 aromatic heterocycles. The summed E-state index contributed by atoms with van der Waals surface area (Å²) in [4.78, 5) is 13.2. The van der Waals surface area contributed by atoms with Crippen LogP contribution in [0.2, 0.25) is 0 Å². The molecule has 0 atom stereocenters. The third-order valence-corrected chi connectivity index (χ3v) is 4.95. The first-order chi connectivity index (χ1) is 13.8. The van der Waals surface area contributed by atoms with Gasteiger partial charge < -0.3 is 14.8 Å². The minimum atomic E-state index is -0.821. The van der Waals surface area contributed by atoms with Crippen molar-refractivity contribution in [2.75, 3.05) is 12.4 Å². The molecule has 29 heavy (non-hydrogen) atoms. The van der Waals surface area contributed by atoms with Crippen LogP contribution in [-0.4, -0.2) is 18.6 Å². The van der Waals surface area contributed by atoms with Gasteiger partial charge in [0.25, 0.3) is 5.91 Å². The first-order valence-corrected chi connectivity index (χ1v) is 10.4. The summed E-state index contributed by atoms with van der Waals surface area (Å²) < 4.78 is 11.7. The zero-order chi connectivity index (χ0) is 21.4. The van der Waals surface area contributed by atoms with Crippen LogP contribution in [0.1, 0.15) is 51.7 Å². The molecule has 0 aliphatic rings. The summed E-state index contributed by atoms with van der Waals surface area (Å²) >= 11 is 0. The maximum absolute atomic E-state index is 13.2. The van der Waals surface area contributed by atoms with Gasteiger partial charge in [-0.05, 0) is 60.9 Å². The Hall–Kier alpha value is -2.33. The molecule has 0 aliphatic carbocycles. The molecular weight excluding hydrogens is 362 g/mol. The molecule has 2 aromatic rings. The van der Waals surface area contributed by atoms with E-state index in [1.165, 1.54) is 0 Å². The summed E-state index contributed by atoms with van der Waals surface area (Å²) in [5, 5.41) is 3.07. The maximum atomic E-state index is 13.2. The summed E-state index contributed by atoms with van der Waals surface area (Å²) in [5.41, 5.74) is 2.04. The summed E-state index contributed by atoms with van der Waals surface area (Å²) in [5.74, 6) is 1.44. The monoisotopic (exact) mass is 397 g/mol. The van der Waals surface area contributed by atoms with Gasteiger partial charge in [-0.15, -0.1) is 0 Å². The van der Waals surface area contributed by atoms with Gasteiger partial charge in [0.2, 0.25) is 0 Å². The number of methoxy groups -OCH3 is 1. The van der Waals surface area contributed by atoms with E-state index in [0.717, 1.165) is 22.6 Å². The van der Waals surface area contributed by atoms with Crippen LogP contribution < -0.4 is 10.1 Å². The second kappa shape index (κ2) is 10.4. The quantitative estimate of drug-likeness (QED) is 0.536. The normalized spacial score (nSPS) is 11.7. The molecule has 4 nitrogen and oxygen atoms in total. The number of hydrogen-bond donors (Lipinski definition) is 1. The highest BCUT2D eigenvalue weighted by Gasteiger charge is 2.39. The van der Waals surface area contributed by atoms with Crippen LogP contribution in [-0.2, 0) is 16.1 Å². The maximum Gasteiger partial charge on any atom is 0.256 e. The van der Waals surface area contributed by atoms with Crippen LogP contribution in [0, 0.1) is 18.8 Å². The number of anilines is 1. The van der Waals surface area contributed by atoms with E-state index in [4.69, 9.17) is 9.47 Å². The van der Waals surface area contributed by atoms with Crippen molar-refractivity contribution >= 4 is 11.6 Å². The number of benzene rings is 2. The molecule has 0 unspecified atom stereocenters. The van der Waals surface area contributed by atoms with Crippen molar-refractivity contribution in [1.29, 1.82) is 0 Å². The fourth-order valence-corrected chi connectivity index (χ4v) is 3.72. The van der Waals surface area contributed by atoms with E-state index >= 15 is 0 Å². The van der Waals surface area contributed by atoms with Crippen molar-refractivity contribution in [2.24, 2.45) is 11.8 Å². The fourth-order valence-electron chi connectivity index (χ4n) is 3.72. The zero-order valence-corrected chi connectivity index (χ0v) is 18.6. The predicted octanol–water partition coefficient (Wildman–Crippen LogP) is 5.99. The van der Waals surface area contributed by atoms with Gasteiger partial charge in [-0.3, -0.25) is 4.79 Å². The SMILES string of the molecule is COC(CC(C)C)(CC(C)C)C(=O)Nc1ccc(OCc2ccccc2)c(C)c1. The van der Waals surface area contributed by atoms with E-state index < -0.39 is 5.60 Å².